The third-order valence-corrected chi connectivity index (χ3v) is 1.56. The lowest BCUT2D eigenvalue weighted by molar-refractivity contribution is 1.08. The highest BCUT2D eigenvalue weighted by Crippen LogP contribution is 2.03. The molecule has 0 saturated carbocycles. The topological polar surface area (TPSA) is 71.5 Å². The molecule has 5 nitrogen and oxygen atoms in total. The fraction of sp³-hybridized carbons (Fsp3) is 0.143. The molecule has 0 atom stereocenters. The summed E-state index contributed by atoms with van der Waals surface area (Å²) in [4.78, 5) is 25.1. The maximum atomic E-state index is 10.8. The van der Waals surface area contributed by atoms with E-state index in [4.69, 9.17) is 0 Å². The number of hydrogen-bond donors (Lipinski definition) is 1. The molecule has 2 aromatic rings. The van der Waals surface area contributed by atoms with E-state index in [0.717, 1.165) is 5.69 Å². The van der Waals surface area contributed by atoms with Crippen LogP contribution in [0.2, 0.25) is 0 Å². The first-order valence-electron chi connectivity index (χ1n) is 3.44. The van der Waals surface area contributed by atoms with Crippen molar-refractivity contribution in [3.05, 3.63) is 28.6 Å². The van der Waals surface area contributed by atoms with Crippen LogP contribution < -0.4 is 5.56 Å². The smallest absolute Gasteiger partial charge is 0.268 e. The van der Waals surface area contributed by atoms with Crippen LogP contribution in [-0.2, 0) is 0 Å². The van der Waals surface area contributed by atoms with Crippen LogP contribution in [0.15, 0.2) is 17.3 Å². The molecular weight excluding hydrogens is 156 g/mol. The van der Waals surface area contributed by atoms with Gasteiger partial charge in [-0.05, 0) is 6.92 Å². The lowest BCUT2D eigenvalue weighted by Gasteiger charge is -1.95. The summed E-state index contributed by atoms with van der Waals surface area (Å²) in [5, 5.41) is 0. The van der Waals surface area contributed by atoms with E-state index in [0.29, 0.717) is 11.2 Å². The molecule has 1 N–H and O–H groups in total. The van der Waals surface area contributed by atoms with Crippen molar-refractivity contribution in [1.82, 2.24) is 19.9 Å². The number of fused-ring (bicyclic) bond motifs is 1. The minimum Gasteiger partial charge on any atom is -0.304 e. The molecule has 2 rings (SSSR count). The molecule has 0 amide bonds. The average Bonchev–Trinajstić information content (AvgIpc) is 2.04. The number of aryl methyl sites for hydroxylation is 1. The molecule has 5 heteroatoms. The summed E-state index contributed by atoms with van der Waals surface area (Å²) in [5.74, 6) is 0. The molecule has 0 aliphatic rings. The fourth-order valence-electron chi connectivity index (χ4n) is 0.985. The van der Waals surface area contributed by atoms with Gasteiger partial charge < -0.3 is 4.98 Å². The van der Waals surface area contributed by atoms with Gasteiger partial charge in [-0.1, -0.05) is 0 Å². The van der Waals surface area contributed by atoms with E-state index in [1.807, 2.05) is 6.92 Å². The molecule has 0 radical (unpaired) electrons. The molecule has 60 valence electrons. The van der Waals surface area contributed by atoms with Gasteiger partial charge in [-0.15, -0.1) is 0 Å². The van der Waals surface area contributed by atoms with Crippen molar-refractivity contribution in [2.45, 2.75) is 6.92 Å². The Morgan fingerprint density at radius 2 is 2.17 bits per heavy atom. The SMILES string of the molecule is Cc1ncnc2[nH]c(=O)cnc12. The quantitative estimate of drug-likeness (QED) is 0.592. The van der Waals surface area contributed by atoms with Gasteiger partial charge in [0, 0.05) is 0 Å². The Kier molecular flexibility index (Phi) is 1.36. The number of nitrogens with one attached hydrogen (secondary N) is 1. The summed E-state index contributed by atoms with van der Waals surface area (Å²) in [6.45, 7) is 1.81. The minimum absolute atomic E-state index is 0.249. The van der Waals surface area contributed by atoms with Crippen LogP contribution in [0.1, 0.15) is 5.69 Å². The van der Waals surface area contributed by atoms with Crippen molar-refractivity contribution in [3.63, 3.8) is 0 Å². The molecule has 2 heterocycles. The Hall–Kier alpha value is -1.78. The van der Waals surface area contributed by atoms with Gasteiger partial charge >= 0.3 is 0 Å². The lowest BCUT2D eigenvalue weighted by Crippen LogP contribution is -2.07. The van der Waals surface area contributed by atoms with E-state index in [-0.39, 0.29) is 5.56 Å². The average molecular weight is 162 g/mol. The summed E-state index contributed by atoms with van der Waals surface area (Å²) < 4.78 is 0. The van der Waals surface area contributed by atoms with Gasteiger partial charge in [0.05, 0.1) is 11.9 Å². The highest BCUT2D eigenvalue weighted by molar-refractivity contribution is 5.70. The molecule has 12 heavy (non-hydrogen) atoms. The van der Waals surface area contributed by atoms with Gasteiger partial charge in [0.25, 0.3) is 5.56 Å². The van der Waals surface area contributed by atoms with Gasteiger partial charge in [-0.25, -0.2) is 15.0 Å². The van der Waals surface area contributed by atoms with Crippen LogP contribution in [0, 0.1) is 6.92 Å². The Balaban J connectivity index is 2.96. The molecule has 0 bridgehead atoms. The second kappa shape index (κ2) is 2.37. The van der Waals surface area contributed by atoms with Crippen molar-refractivity contribution in [3.8, 4) is 0 Å². The van der Waals surface area contributed by atoms with E-state index in [2.05, 4.69) is 19.9 Å². The number of hydrogen-bond acceptors (Lipinski definition) is 4. The second-order valence-electron chi connectivity index (χ2n) is 2.40. The molecule has 0 saturated heterocycles. The molecule has 0 spiro atoms. The Labute approximate surface area is 67.5 Å². The largest absolute Gasteiger partial charge is 0.304 e. The van der Waals surface area contributed by atoms with Crippen LogP contribution in [0.25, 0.3) is 11.2 Å². The zero-order valence-corrected chi connectivity index (χ0v) is 6.40. The van der Waals surface area contributed by atoms with Crippen molar-refractivity contribution in [1.29, 1.82) is 0 Å². The minimum atomic E-state index is -0.249. The van der Waals surface area contributed by atoms with Crippen molar-refractivity contribution < 1.29 is 0 Å². The molecular formula is C7H6N4O. The summed E-state index contributed by atoms with van der Waals surface area (Å²) in [6.07, 6.45) is 2.62. The first-order valence-corrected chi connectivity index (χ1v) is 3.44. The number of H-pyrrole nitrogens is 1. The number of rotatable bonds is 0. The third kappa shape index (κ3) is 0.952. The van der Waals surface area contributed by atoms with E-state index >= 15 is 0 Å². The van der Waals surface area contributed by atoms with Crippen LogP contribution in [0.3, 0.4) is 0 Å². The number of aromatic amines is 1. The van der Waals surface area contributed by atoms with E-state index in [1.54, 1.807) is 0 Å². The predicted octanol–water partition coefficient (Wildman–Crippen LogP) is 0.0215. The predicted molar refractivity (Wildman–Crippen MR) is 42.7 cm³/mol. The van der Waals surface area contributed by atoms with E-state index in [9.17, 15) is 4.79 Å². The van der Waals surface area contributed by atoms with E-state index in [1.165, 1.54) is 12.5 Å². The van der Waals surface area contributed by atoms with Crippen LogP contribution in [-0.4, -0.2) is 19.9 Å². The zero-order valence-electron chi connectivity index (χ0n) is 6.40. The first-order chi connectivity index (χ1) is 5.77. The highest BCUT2D eigenvalue weighted by Gasteiger charge is 1.99. The molecule has 0 aromatic carbocycles. The molecule has 0 unspecified atom stereocenters. The van der Waals surface area contributed by atoms with Crippen LogP contribution in [0.5, 0.6) is 0 Å². The molecule has 2 aromatic heterocycles. The Morgan fingerprint density at radius 3 is 3.00 bits per heavy atom. The fourth-order valence-corrected chi connectivity index (χ4v) is 0.985. The summed E-state index contributed by atoms with van der Waals surface area (Å²) in [5.41, 5.74) is 1.63. The van der Waals surface area contributed by atoms with Crippen molar-refractivity contribution >= 4 is 11.2 Å². The van der Waals surface area contributed by atoms with Gasteiger partial charge in [0.15, 0.2) is 5.65 Å². The monoisotopic (exact) mass is 162 g/mol. The molecule has 0 aliphatic carbocycles. The van der Waals surface area contributed by atoms with Gasteiger partial charge in [0.1, 0.15) is 11.8 Å². The summed E-state index contributed by atoms with van der Waals surface area (Å²) in [6, 6.07) is 0. The number of aromatic nitrogens is 4. The van der Waals surface area contributed by atoms with Gasteiger partial charge in [-0.3, -0.25) is 4.79 Å². The maximum absolute atomic E-state index is 10.8. The standard InChI is InChI=1S/C7H6N4O/c1-4-6-7(10-3-9-4)11-5(12)2-8-6/h2-3H,1H3,(H,9,10,11,12). The van der Waals surface area contributed by atoms with Crippen LogP contribution in [0.4, 0.5) is 0 Å². The molecule has 0 fully saturated rings. The lowest BCUT2D eigenvalue weighted by atomic mass is 10.4. The summed E-state index contributed by atoms with van der Waals surface area (Å²) in [7, 11) is 0. The Bertz CT molecular complexity index is 476. The number of nitrogens with zero attached hydrogens (tertiary/aromatic N) is 3. The second-order valence-corrected chi connectivity index (χ2v) is 2.40. The molecule has 0 aliphatic heterocycles. The highest BCUT2D eigenvalue weighted by atomic mass is 16.1. The zero-order chi connectivity index (χ0) is 8.55. The Morgan fingerprint density at radius 1 is 1.33 bits per heavy atom. The van der Waals surface area contributed by atoms with E-state index < -0.39 is 0 Å². The summed E-state index contributed by atoms with van der Waals surface area (Å²) >= 11 is 0. The normalized spacial score (nSPS) is 10.4. The van der Waals surface area contributed by atoms with Crippen molar-refractivity contribution in [2.75, 3.05) is 0 Å². The maximum Gasteiger partial charge on any atom is 0.268 e. The third-order valence-electron chi connectivity index (χ3n) is 1.56. The van der Waals surface area contributed by atoms with Crippen LogP contribution >= 0.6 is 0 Å². The van der Waals surface area contributed by atoms with Crippen molar-refractivity contribution in [2.24, 2.45) is 0 Å². The van der Waals surface area contributed by atoms with Gasteiger partial charge in [-0.2, -0.15) is 0 Å². The van der Waals surface area contributed by atoms with Gasteiger partial charge in [0.2, 0.25) is 0 Å². The first kappa shape index (κ1) is 6.90.